The van der Waals surface area contributed by atoms with Crippen molar-refractivity contribution in [1.82, 2.24) is 24.8 Å². The van der Waals surface area contributed by atoms with E-state index in [1.165, 1.54) is 4.68 Å². The first kappa shape index (κ1) is 30.9. The fourth-order valence-corrected chi connectivity index (χ4v) is 6.52. The number of halogens is 3. The fourth-order valence-electron chi connectivity index (χ4n) is 6.19. The van der Waals surface area contributed by atoms with Gasteiger partial charge in [-0.15, -0.1) is 5.10 Å². The standard InChI is InChI=1S/C31H37BrF2N6O3/c1-30(2,3)43-29(42)40-17-31(4,5)27(40)19-10-12-38(13-11-19)28(41)20-8-6-18(7-9-20)15-39-16-23(36-37-39)21-14-22(33)24(32)25(34)26(21)35/h6-9,14,16,19,27H,10-13,15,17,35H2,1-5H3. The molecule has 2 fully saturated rings. The number of aromatic nitrogens is 3. The average molecular weight is 660 g/mol. The van der Waals surface area contributed by atoms with Crippen molar-refractivity contribution < 1.29 is 23.1 Å². The summed E-state index contributed by atoms with van der Waals surface area (Å²) in [5.74, 6) is -1.39. The number of benzene rings is 2. The van der Waals surface area contributed by atoms with Crippen molar-refractivity contribution in [3.05, 3.63) is 63.8 Å². The van der Waals surface area contributed by atoms with Crippen molar-refractivity contribution in [3.8, 4) is 11.3 Å². The lowest BCUT2D eigenvalue weighted by Gasteiger charge is -2.58. The maximum Gasteiger partial charge on any atom is 0.410 e. The van der Waals surface area contributed by atoms with Gasteiger partial charge < -0.3 is 20.3 Å². The molecular formula is C31H37BrF2N6O3. The predicted octanol–water partition coefficient (Wildman–Crippen LogP) is 6.11. The maximum absolute atomic E-state index is 14.2. The molecule has 2 aromatic carbocycles. The summed E-state index contributed by atoms with van der Waals surface area (Å²) in [4.78, 5) is 29.8. The highest BCUT2D eigenvalue weighted by molar-refractivity contribution is 9.10. The van der Waals surface area contributed by atoms with Crippen LogP contribution in [0.25, 0.3) is 11.3 Å². The zero-order valence-corrected chi connectivity index (χ0v) is 26.6. The van der Waals surface area contributed by atoms with Crippen molar-refractivity contribution in [3.63, 3.8) is 0 Å². The molecule has 2 N–H and O–H groups in total. The van der Waals surface area contributed by atoms with Crippen molar-refractivity contribution in [1.29, 1.82) is 0 Å². The van der Waals surface area contributed by atoms with E-state index in [1.807, 2.05) is 42.7 Å². The van der Waals surface area contributed by atoms with E-state index < -0.39 is 17.2 Å². The Hall–Kier alpha value is -3.54. The Bertz CT molecular complexity index is 1530. The summed E-state index contributed by atoms with van der Waals surface area (Å²) in [5, 5.41) is 8.09. The first-order valence-electron chi connectivity index (χ1n) is 14.4. The Labute approximate surface area is 258 Å². The molecule has 0 bridgehead atoms. The predicted molar refractivity (Wildman–Crippen MR) is 162 cm³/mol. The molecule has 0 saturated carbocycles. The number of hydrogen-bond acceptors (Lipinski definition) is 6. The van der Waals surface area contributed by atoms with Gasteiger partial charge in [-0.05, 0) is 79.2 Å². The third kappa shape index (κ3) is 6.39. The molecule has 1 atom stereocenters. The summed E-state index contributed by atoms with van der Waals surface area (Å²) in [6.45, 7) is 12.3. The van der Waals surface area contributed by atoms with Gasteiger partial charge in [-0.2, -0.15) is 0 Å². The van der Waals surface area contributed by atoms with Crippen LogP contribution in [-0.4, -0.2) is 68.1 Å². The molecule has 0 radical (unpaired) electrons. The summed E-state index contributed by atoms with van der Waals surface area (Å²) < 4.78 is 35.1. The second-order valence-electron chi connectivity index (χ2n) is 13.1. The number of amides is 2. The molecule has 12 heteroatoms. The van der Waals surface area contributed by atoms with Crippen LogP contribution < -0.4 is 5.73 Å². The molecule has 5 rings (SSSR count). The minimum atomic E-state index is -0.885. The summed E-state index contributed by atoms with van der Waals surface area (Å²) >= 11 is 2.84. The van der Waals surface area contributed by atoms with Gasteiger partial charge in [-0.25, -0.2) is 18.3 Å². The lowest BCUT2D eigenvalue weighted by molar-refractivity contribution is -0.0941. The Morgan fingerprint density at radius 3 is 2.40 bits per heavy atom. The number of likely N-dealkylation sites (tertiary alicyclic amines) is 2. The molecule has 1 aromatic heterocycles. The molecule has 3 heterocycles. The first-order valence-corrected chi connectivity index (χ1v) is 15.2. The summed E-state index contributed by atoms with van der Waals surface area (Å²) in [7, 11) is 0. The lowest BCUT2D eigenvalue weighted by Crippen LogP contribution is -2.68. The molecule has 2 amide bonds. The number of carbonyl (C=O) groups excluding carboxylic acids is 2. The molecule has 1 unspecified atom stereocenters. The van der Waals surface area contributed by atoms with Crippen LogP contribution >= 0.6 is 15.9 Å². The van der Waals surface area contributed by atoms with Crippen molar-refractivity contribution in [2.75, 3.05) is 25.4 Å². The van der Waals surface area contributed by atoms with Gasteiger partial charge in [-0.1, -0.05) is 31.2 Å². The van der Waals surface area contributed by atoms with E-state index >= 15 is 0 Å². The minimum Gasteiger partial charge on any atom is -0.444 e. The number of carbonyl (C=O) groups is 2. The van der Waals surface area contributed by atoms with E-state index in [9.17, 15) is 18.4 Å². The number of nitrogens with two attached hydrogens (primary N) is 1. The zero-order valence-electron chi connectivity index (χ0n) is 25.0. The van der Waals surface area contributed by atoms with Crippen LogP contribution in [0.15, 0.2) is 41.0 Å². The zero-order chi connectivity index (χ0) is 31.3. The van der Waals surface area contributed by atoms with Crippen LogP contribution in [0.5, 0.6) is 0 Å². The summed E-state index contributed by atoms with van der Waals surface area (Å²) in [5.41, 5.74) is 6.91. The first-order chi connectivity index (χ1) is 20.1. The summed E-state index contributed by atoms with van der Waals surface area (Å²) in [6.07, 6.45) is 2.94. The van der Waals surface area contributed by atoms with Gasteiger partial charge in [-0.3, -0.25) is 4.79 Å². The van der Waals surface area contributed by atoms with E-state index in [4.69, 9.17) is 10.5 Å². The Balaban J connectivity index is 1.18. The molecule has 2 saturated heterocycles. The van der Waals surface area contributed by atoms with Gasteiger partial charge in [0.2, 0.25) is 0 Å². The number of rotatable bonds is 5. The number of anilines is 1. The molecule has 0 aliphatic carbocycles. The van der Waals surface area contributed by atoms with E-state index in [0.717, 1.165) is 24.5 Å². The number of piperidine rings is 1. The van der Waals surface area contributed by atoms with Gasteiger partial charge >= 0.3 is 6.09 Å². The smallest absolute Gasteiger partial charge is 0.410 e. The lowest BCUT2D eigenvalue weighted by atomic mass is 9.67. The minimum absolute atomic E-state index is 0.00563. The number of ether oxygens (including phenoxy) is 1. The van der Waals surface area contributed by atoms with E-state index in [2.05, 4.69) is 40.1 Å². The largest absolute Gasteiger partial charge is 0.444 e. The summed E-state index contributed by atoms with van der Waals surface area (Å²) in [6, 6.07) is 8.49. The number of hydrogen-bond donors (Lipinski definition) is 1. The van der Waals surface area contributed by atoms with Crippen LogP contribution in [-0.2, 0) is 11.3 Å². The van der Waals surface area contributed by atoms with Crippen LogP contribution in [0.1, 0.15) is 63.4 Å². The third-order valence-corrected chi connectivity index (χ3v) is 8.90. The highest BCUT2D eigenvalue weighted by atomic mass is 79.9. The quantitative estimate of drug-likeness (QED) is 0.262. The number of nitrogen functional groups attached to an aromatic ring is 1. The van der Waals surface area contributed by atoms with E-state index in [0.29, 0.717) is 37.7 Å². The van der Waals surface area contributed by atoms with Crippen molar-refractivity contribution >= 4 is 33.6 Å². The Morgan fingerprint density at radius 2 is 1.79 bits per heavy atom. The van der Waals surface area contributed by atoms with Crippen LogP contribution in [0.3, 0.4) is 0 Å². The van der Waals surface area contributed by atoms with Crippen molar-refractivity contribution in [2.24, 2.45) is 11.3 Å². The fraction of sp³-hybridized carbons (Fsp3) is 0.484. The Kier molecular flexibility index (Phi) is 8.28. The number of nitrogens with zero attached hydrogens (tertiary/aromatic N) is 5. The van der Waals surface area contributed by atoms with Gasteiger partial charge in [0, 0.05) is 42.2 Å². The van der Waals surface area contributed by atoms with Gasteiger partial charge in [0.25, 0.3) is 5.91 Å². The van der Waals surface area contributed by atoms with Gasteiger partial charge in [0.05, 0.1) is 22.9 Å². The molecule has 43 heavy (non-hydrogen) atoms. The SMILES string of the molecule is CC(C)(C)OC(=O)N1CC(C)(C)C1C1CCN(C(=O)c2ccc(Cn3cc(-c4cc(F)c(Br)c(F)c4N)nn3)cc2)CC1. The molecule has 9 nitrogen and oxygen atoms in total. The average Bonchev–Trinajstić information content (AvgIpc) is 3.40. The van der Waals surface area contributed by atoms with Gasteiger partial charge in [0.1, 0.15) is 17.1 Å². The Morgan fingerprint density at radius 1 is 1.14 bits per heavy atom. The molecule has 230 valence electrons. The van der Waals surface area contributed by atoms with Gasteiger partial charge in [0.15, 0.2) is 5.82 Å². The van der Waals surface area contributed by atoms with E-state index in [-0.39, 0.29) is 44.9 Å². The third-order valence-electron chi connectivity index (χ3n) is 8.18. The molecule has 2 aliphatic heterocycles. The molecule has 2 aliphatic rings. The maximum atomic E-state index is 14.2. The van der Waals surface area contributed by atoms with Crippen LogP contribution in [0.2, 0.25) is 0 Å². The molecule has 0 spiro atoms. The van der Waals surface area contributed by atoms with Crippen LogP contribution in [0, 0.1) is 23.0 Å². The highest BCUT2D eigenvalue weighted by Crippen LogP contribution is 2.45. The topological polar surface area (TPSA) is 107 Å². The highest BCUT2D eigenvalue weighted by Gasteiger charge is 2.53. The monoisotopic (exact) mass is 658 g/mol. The molecular weight excluding hydrogens is 622 g/mol. The normalized spacial score (nSPS) is 18.8. The molecule has 3 aromatic rings. The second kappa shape index (κ2) is 11.5. The second-order valence-corrected chi connectivity index (χ2v) is 13.9. The van der Waals surface area contributed by atoms with Crippen molar-refractivity contribution in [2.45, 2.75) is 65.6 Å². The van der Waals surface area contributed by atoms with E-state index in [1.54, 1.807) is 18.3 Å². The van der Waals surface area contributed by atoms with Crippen LogP contribution in [0.4, 0.5) is 19.3 Å².